The number of nitrogens with zero attached hydrogens (tertiary/aromatic N) is 1. The third kappa shape index (κ3) is 5.88. The quantitative estimate of drug-likeness (QED) is 0.369. The van der Waals surface area contributed by atoms with Crippen LogP contribution in [0.25, 0.3) is 0 Å². The second-order valence-corrected chi connectivity index (χ2v) is 5.82. The van der Waals surface area contributed by atoms with Crippen LogP contribution in [0, 0.1) is 0 Å². The van der Waals surface area contributed by atoms with Gasteiger partial charge in [-0.3, -0.25) is 0 Å². The first-order valence-electron chi connectivity index (χ1n) is 8.40. The summed E-state index contributed by atoms with van der Waals surface area (Å²) in [6, 6.07) is 0. The first-order valence-corrected chi connectivity index (χ1v) is 8.40. The van der Waals surface area contributed by atoms with Crippen LogP contribution < -0.4 is 0 Å². The molecular formula is C17H32BN. The van der Waals surface area contributed by atoms with E-state index >= 15 is 0 Å². The molecule has 0 aliphatic heterocycles. The summed E-state index contributed by atoms with van der Waals surface area (Å²) in [4.78, 5) is 2.66. The highest BCUT2D eigenvalue weighted by Gasteiger charge is 2.23. The summed E-state index contributed by atoms with van der Waals surface area (Å²) >= 11 is 0. The molecular weight excluding hydrogens is 229 g/mol. The Bertz CT molecular complexity index is 264. The summed E-state index contributed by atoms with van der Waals surface area (Å²) in [5.74, 6) is 0. The molecule has 0 aromatic carbocycles. The molecule has 1 rings (SSSR count). The van der Waals surface area contributed by atoms with Gasteiger partial charge in [0.2, 0.25) is 0 Å². The zero-order chi connectivity index (χ0) is 13.9. The second kappa shape index (κ2) is 10.2. The summed E-state index contributed by atoms with van der Waals surface area (Å²) in [5.41, 5.74) is 1.60. The second-order valence-electron chi connectivity index (χ2n) is 5.82. The van der Waals surface area contributed by atoms with Gasteiger partial charge in [-0.25, -0.2) is 0 Å². The van der Waals surface area contributed by atoms with Crippen LogP contribution in [0.2, 0.25) is 12.6 Å². The number of hydrogen-bond acceptors (Lipinski definition) is 1. The minimum atomic E-state index is 0.738. The van der Waals surface area contributed by atoms with E-state index in [1.165, 1.54) is 64.0 Å². The maximum atomic E-state index is 3.97. The van der Waals surface area contributed by atoms with Crippen LogP contribution in [0.5, 0.6) is 0 Å². The van der Waals surface area contributed by atoms with E-state index in [4.69, 9.17) is 0 Å². The molecule has 0 fully saturated rings. The molecule has 2 heteroatoms. The molecule has 0 aromatic heterocycles. The van der Waals surface area contributed by atoms with Crippen molar-refractivity contribution in [3.63, 3.8) is 0 Å². The van der Waals surface area contributed by atoms with E-state index in [1.807, 2.05) is 0 Å². The van der Waals surface area contributed by atoms with Gasteiger partial charge in [0.1, 0.15) is 0 Å². The summed E-state index contributed by atoms with van der Waals surface area (Å²) in [5, 5.41) is 0. The molecule has 0 radical (unpaired) electrons. The van der Waals surface area contributed by atoms with Crippen LogP contribution in [-0.2, 0) is 0 Å². The third-order valence-corrected chi connectivity index (χ3v) is 4.18. The van der Waals surface area contributed by atoms with Crippen LogP contribution in [0.1, 0.15) is 65.2 Å². The highest BCUT2D eigenvalue weighted by molar-refractivity contribution is 6.56. The predicted octanol–water partition coefficient (Wildman–Crippen LogP) is 5.52. The average molecular weight is 261 g/mol. The summed E-state index contributed by atoms with van der Waals surface area (Å²) in [6.45, 7) is 10.3. The van der Waals surface area contributed by atoms with Crippen molar-refractivity contribution in [2.45, 2.75) is 77.9 Å². The van der Waals surface area contributed by atoms with E-state index in [2.05, 4.69) is 37.4 Å². The fraction of sp³-hybridized carbons (Fsp3) is 0.765. The maximum absolute atomic E-state index is 3.97. The van der Waals surface area contributed by atoms with Crippen molar-refractivity contribution in [2.24, 2.45) is 0 Å². The third-order valence-electron chi connectivity index (χ3n) is 4.18. The SMILES string of the molecule is C=CCN(B(CCCC)CCCC)C1=CCCCC1. The molecule has 108 valence electrons. The topological polar surface area (TPSA) is 3.24 Å². The smallest absolute Gasteiger partial charge is 0.254 e. The standard InChI is InChI=1S/C17H32BN/c1-4-7-14-18(15-8-5-2)19(16-6-3)17-12-10-9-11-13-17/h6,12H,3-5,7-11,13-16H2,1-2H3. The zero-order valence-electron chi connectivity index (χ0n) is 13.2. The first kappa shape index (κ1) is 16.4. The normalized spacial score (nSPS) is 14.9. The van der Waals surface area contributed by atoms with Crippen LogP contribution >= 0.6 is 0 Å². The van der Waals surface area contributed by atoms with Gasteiger partial charge in [-0.1, -0.05) is 64.3 Å². The van der Waals surface area contributed by atoms with Gasteiger partial charge in [-0.2, -0.15) is 0 Å². The summed E-state index contributed by atoms with van der Waals surface area (Å²) < 4.78 is 0. The molecule has 0 heterocycles. The van der Waals surface area contributed by atoms with Crippen LogP contribution in [0.3, 0.4) is 0 Å². The average Bonchev–Trinajstić information content (AvgIpc) is 2.46. The Morgan fingerprint density at radius 2 is 1.89 bits per heavy atom. The highest BCUT2D eigenvalue weighted by atomic mass is 15.1. The van der Waals surface area contributed by atoms with Crippen molar-refractivity contribution < 1.29 is 0 Å². The molecule has 1 aliphatic rings. The molecule has 1 aliphatic carbocycles. The van der Waals surface area contributed by atoms with E-state index < -0.39 is 0 Å². The van der Waals surface area contributed by atoms with Crippen LogP contribution in [0.4, 0.5) is 0 Å². The predicted molar refractivity (Wildman–Crippen MR) is 88.6 cm³/mol. The largest absolute Gasteiger partial charge is 0.415 e. The highest BCUT2D eigenvalue weighted by Crippen LogP contribution is 2.25. The molecule has 0 bridgehead atoms. The van der Waals surface area contributed by atoms with Crippen molar-refractivity contribution >= 4 is 6.85 Å². The summed E-state index contributed by atoms with van der Waals surface area (Å²) in [6.07, 6.45) is 17.9. The molecule has 0 N–H and O–H groups in total. The van der Waals surface area contributed by atoms with E-state index in [0.717, 1.165) is 13.4 Å². The van der Waals surface area contributed by atoms with Crippen LogP contribution in [0.15, 0.2) is 24.4 Å². The molecule has 0 atom stereocenters. The lowest BCUT2D eigenvalue weighted by molar-refractivity contribution is 0.507. The van der Waals surface area contributed by atoms with Gasteiger partial charge in [-0.15, -0.1) is 6.58 Å². The van der Waals surface area contributed by atoms with E-state index in [0.29, 0.717) is 0 Å². The van der Waals surface area contributed by atoms with Gasteiger partial charge in [0.25, 0.3) is 6.85 Å². The van der Waals surface area contributed by atoms with Gasteiger partial charge >= 0.3 is 0 Å². The number of unbranched alkanes of at least 4 members (excludes halogenated alkanes) is 2. The van der Waals surface area contributed by atoms with Gasteiger partial charge in [-0.05, 0) is 31.4 Å². The maximum Gasteiger partial charge on any atom is 0.254 e. The molecule has 0 spiro atoms. The molecule has 0 saturated heterocycles. The minimum Gasteiger partial charge on any atom is -0.415 e. The fourth-order valence-corrected chi connectivity index (χ4v) is 3.06. The van der Waals surface area contributed by atoms with Crippen molar-refractivity contribution in [1.82, 2.24) is 4.81 Å². The Kier molecular flexibility index (Phi) is 8.78. The lowest BCUT2D eigenvalue weighted by Crippen LogP contribution is -2.39. The molecule has 1 nitrogen and oxygen atoms in total. The summed E-state index contributed by atoms with van der Waals surface area (Å²) in [7, 11) is 0. The Labute approximate surface area is 121 Å². The fourth-order valence-electron chi connectivity index (χ4n) is 3.06. The molecule has 19 heavy (non-hydrogen) atoms. The van der Waals surface area contributed by atoms with Gasteiger partial charge in [0.15, 0.2) is 0 Å². The van der Waals surface area contributed by atoms with Crippen molar-refractivity contribution in [2.75, 3.05) is 6.54 Å². The van der Waals surface area contributed by atoms with Crippen molar-refractivity contribution in [3.8, 4) is 0 Å². The van der Waals surface area contributed by atoms with E-state index in [1.54, 1.807) is 5.70 Å². The lowest BCUT2D eigenvalue weighted by Gasteiger charge is -2.35. The molecule has 0 amide bonds. The monoisotopic (exact) mass is 261 g/mol. The molecule has 0 unspecified atom stereocenters. The lowest BCUT2D eigenvalue weighted by atomic mass is 9.52. The Morgan fingerprint density at radius 1 is 1.21 bits per heavy atom. The first-order chi connectivity index (χ1) is 9.33. The van der Waals surface area contributed by atoms with E-state index in [9.17, 15) is 0 Å². The van der Waals surface area contributed by atoms with Gasteiger partial charge in [0, 0.05) is 6.54 Å². The Balaban J connectivity index is 2.70. The van der Waals surface area contributed by atoms with Gasteiger partial charge in [0.05, 0.1) is 0 Å². The van der Waals surface area contributed by atoms with Crippen LogP contribution in [-0.4, -0.2) is 18.2 Å². The zero-order valence-corrected chi connectivity index (χ0v) is 13.2. The number of rotatable bonds is 10. The van der Waals surface area contributed by atoms with E-state index in [-0.39, 0.29) is 0 Å². The minimum absolute atomic E-state index is 0.738. The molecule has 0 aromatic rings. The van der Waals surface area contributed by atoms with Crippen molar-refractivity contribution in [3.05, 3.63) is 24.4 Å². The molecule has 0 saturated carbocycles. The Morgan fingerprint density at radius 3 is 2.37 bits per heavy atom. The number of allylic oxidation sites excluding steroid dienone is 2. The van der Waals surface area contributed by atoms with Gasteiger partial charge < -0.3 is 4.81 Å². The number of hydrogen-bond donors (Lipinski definition) is 0. The van der Waals surface area contributed by atoms with Crippen molar-refractivity contribution in [1.29, 1.82) is 0 Å². The Hall–Kier alpha value is -0.655.